The van der Waals surface area contributed by atoms with Gasteiger partial charge < -0.3 is 19.3 Å². The van der Waals surface area contributed by atoms with Gasteiger partial charge in [-0.05, 0) is 19.3 Å². The second kappa shape index (κ2) is 7.47. The number of hydrogen-bond acceptors (Lipinski definition) is 4. The third-order valence-electron chi connectivity index (χ3n) is 3.78. The summed E-state index contributed by atoms with van der Waals surface area (Å²) in [4.78, 5) is 27.4. The Bertz CT molecular complexity index is 334. The fraction of sp³-hybridized carbons (Fsp3) is 0.857. The maximum Gasteiger partial charge on any atom is 0.409 e. The molecule has 0 saturated carbocycles. The molecule has 2 heterocycles. The van der Waals surface area contributed by atoms with E-state index in [1.165, 1.54) is 0 Å². The van der Waals surface area contributed by atoms with Crippen molar-refractivity contribution >= 4 is 12.0 Å². The van der Waals surface area contributed by atoms with Gasteiger partial charge in [0.05, 0.1) is 6.61 Å². The van der Waals surface area contributed by atoms with Gasteiger partial charge in [-0.15, -0.1) is 0 Å². The van der Waals surface area contributed by atoms with E-state index in [1.807, 2.05) is 0 Å². The second-order valence-electron chi connectivity index (χ2n) is 5.28. The molecule has 20 heavy (non-hydrogen) atoms. The van der Waals surface area contributed by atoms with Gasteiger partial charge in [0.1, 0.15) is 6.10 Å². The summed E-state index contributed by atoms with van der Waals surface area (Å²) in [6.45, 7) is 5.45. The fourth-order valence-electron chi connectivity index (χ4n) is 2.48. The number of unbranched alkanes of at least 4 members (excludes halogenated alkanes) is 1. The van der Waals surface area contributed by atoms with Gasteiger partial charge in [0.25, 0.3) is 5.91 Å². The molecule has 0 N–H and O–H groups in total. The van der Waals surface area contributed by atoms with Crippen molar-refractivity contribution in [3.8, 4) is 0 Å². The van der Waals surface area contributed by atoms with Crippen LogP contribution in [0.5, 0.6) is 0 Å². The van der Waals surface area contributed by atoms with Gasteiger partial charge in [-0.1, -0.05) is 13.3 Å². The number of hydrogen-bond donors (Lipinski definition) is 0. The first kappa shape index (κ1) is 15.1. The van der Waals surface area contributed by atoms with Crippen molar-refractivity contribution in [2.75, 3.05) is 39.4 Å². The van der Waals surface area contributed by atoms with Crippen LogP contribution in [0.1, 0.15) is 32.6 Å². The average molecular weight is 284 g/mol. The quantitative estimate of drug-likeness (QED) is 0.729. The number of piperazine rings is 1. The van der Waals surface area contributed by atoms with Crippen molar-refractivity contribution in [3.63, 3.8) is 0 Å². The number of nitrogens with zero attached hydrogens (tertiary/aromatic N) is 2. The zero-order chi connectivity index (χ0) is 14.4. The smallest absolute Gasteiger partial charge is 0.409 e. The maximum atomic E-state index is 12.2. The monoisotopic (exact) mass is 284 g/mol. The lowest BCUT2D eigenvalue weighted by molar-refractivity contribution is -0.142. The Labute approximate surface area is 120 Å². The SMILES string of the molecule is CCCCOC(=O)N1CCN(C(=O)C2CCCO2)CC1. The Kier molecular flexibility index (Phi) is 5.64. The third-order valence-corrected chi connectivity index (χ3v) is 3.78. The van der Waals surface area contributed by atoms with Crippen LogP contribution >= 0.6 is 0 Å². The first-order valence-corrected chi connectivity index (χ1v) is 7.54. The lowest BCUT2D eigenvalue weighted by Gasteiger charge is -2.35. The highest BCUT2D eigenvalue weighted by Crippen LogP contribution is 2.16. The molecule has 2 aliphatic rings. The summed E-state index contributed by atoms with van der Waals surface area (Å²) in [6, 6.07) is 0. The summed E-state index contributed by atoms with van der Waals surface area (Å²) in [5.74, 6) is 0.0708. The molecule has 2 fully saturated rings. The van der Waals surface area contributed by atoms with Crippen molar-refractivity contribution in [2.45, 2.75) is 38.7 Å². The highest BCUT2D eigenvalue weighted by molar-refractivity contribution is 5.81. The van der Waals surface area contributed by atoms with Crippen LogP contribution in [0.2, 0.25) is 0 Å². The van der Waals surface area contributed by atoms with Gasteiger partial charge in [0.2, 0.25) is 0 Å². The van der Waals surface area contributed by atoms with Crippen LogP contribution in [-0.4, -0.2) is 67.3 Å². The van der Waals surface area contributed by atoms with Crippen molar-refractivity contribution in [1.29, 1.82) is 0 Å². The molecule has 0 spiro atoms. The van der Waals surface area contributed by atoms with Gasteiger partial charge in [0.15, 0.2) is 0 Å². The topological polar surface area (TPSA) is 59.1 Å². The summed E-state index contributed by atoms with van der Waals surface area (Å²) in [6.07, 6.45) is 3.15. The van der Waals surface area contributed by atoms with Gasteiger partial charge in [0, 0.05) is 32.8 Å². The summed E-state index contributed by atoms with van der Waals surface area (Å²) in [5, 5.41) is 0. The lowest BCUT2D eigenvalue weighted by atomic mass is 10.2. The minimum Gasteiger partial charge on any atom is -0.449 e. The van der Waals surface area contributed by atoms with E-state index in [1.54, 1.807) is 9.80 Å². The van der Waals surface area contributed by atoms with Crippen molar-refractivity contribution in [1.82, 2.24) is 9.80 Å². The Morgan fingerprint density at radius 1 is 1.20 bits per heavy atom. The summed E-state index contributed by atoms with van der Waals surface area (Å²) >= 11 is 0. The average Bonchev–Trinajstić information content (AvgIpc) is 3.01. The van der Waals surface area contributed by atoms with Crippen molar-refractivity contribution in [2.24, 2.45) is 0 Å². The Hall–Kier alpha value is -1.30. The molecule has 2 saturated heterocycles. The Balaban J connectivity index is 1.71. The second-order valence-corrected chi connectivity index (χ2v) is 5.28. The number of amides is 2. The van der Waals surface area contributed by atoms with Crippen LogP contribution in [0, 0.1) is 0 Å². The molecule has 2 aliphatic heterocycles. The number of carbonyl (C=O) groups is 2. The first-order valence-electron chi connectivity index (χ1n) is 7.54. The fourth-order valence-corrected chi connectivity index (χ4v) is 2.48. The molecule has 6 heteroatoms. The van der Waals surface area contributed by atoms with Gasteiger partial charge in [-0.25, -0.2) is 4.79 Å². The van der Waals surface area contributed by atoms with Crippen LogP contribution in [-0.2, 0) is 14.3 Å². The predicted molar refractivity (Wildman–Crippen MR) is 73.4 cm³/mol. The van der Waals surface area contributed by atoms with Crippen molar-refractivity contribution in [3.05, 3.63) is 0 Å². The van der Waals surface area contributed by atoms with E-state index in [2.05, 4.69) is 6.92 Å². The van der Waals surface area contributed by atoms with E-state index >= 15 is 0 Å². The third kappa shape index (κ3) is 3.85. The molecule has 1 atom stereocenters. The predicted octanol–water partition coefficient (Wildman–Crippen LogP) is 1.25. The molecule has 0 aromatic carbocycles. The molecular weight excluding hydrogens is 260 g/mol. The number of rotatable bonds is 4. The highest BCUT2D eigenvalue weighted by atomic mass is 16.6. The maximum absolute atomic E-state index is 12.2. The van der Waals surface area contributed by atoms with Crippen LogP contribution in [0.4, 0.5) is 4.79 Å². The molecule has 2 amide bonds. The van der Waals surface area contributed by atoms with E-state index in [4.69, 9.17) is 9.47 Å². The summed E-state index contributed by atoms with van der Waals surface area (Å²) in [7, 11) is 0. The van der Waals surface area contributed by atoms with Crippen LogP contribution in [0.3, 0.4) is 0 Å². The molecule has 1 unspecified atom stereocenters. The molecule has 6 nitrogen and oxygen atoms in total. The molecular formula is C14H24N2O4. The molecule has 2 rings (SSSR count). The van der Waals surface area contributed by atoms with Gasteiger partial charge in [-0.3, -0.25) is 4.79 Å². The summed E-state index contributed by atoms with van der Waals surface area (Å²) in [5.41, 5.74) is 0. The van der Waals surface area contributed by atoms with Gasteiger partial charge in [-0.2, -0.15) is 0 Å². The van der Waals surface area contributed by atoms with E-state index in [0.29, 0.717) is 39.4 Å². The summed E-state index contributed by atoms with van der Waals surface area (Å²) < 4.78 is 10.6. The van der Waals surface area contributed by atoms with E-state index in [0.717, 1.165) is 25.7 Å². The largest absolute Gasteiger partial charge is 0.449 e. The first-order chi connectivity index (χ1) is 9.72. The standard InChI is InChI=1S/C14H24N2O4/c1-2-3-10-20-14(18)16-8-6-15(7-9-16)13(17)12-5-4-11-19-12/h12H,2-11H2,1H3. The van der Waals surface area contributed by atoms with Crippen molar-refractivity contribution < 1.29 is 19.1 Å². The van der Waals surface area contributed by atoms with Gasteiger partial charge >= 0.3 is 6.09 Å². The zero-order valence-corrected chi connectivity index (χ0v) is 12.2. The molecule has 0 bridgehead atoms. The highest BCUT2D eigenvalue weighted by Gasteiger charge is 2.31. The Morgan fingerprint density at radius 2 is 1.90 bits per heavy atom. The van der Waals surface area contributed by atoms with Crippen LogP contribution in [0.25, 0.3) is 0 Å². The van der Waals surface area contributed by atoms with E-state index in [9.17, 15) is 9.59 Å². The molecule has 0 radical (unpaired) electrons. The molecule has 0 aromatic rings. The van der Waals surface area contributed by atoms with Crippen LogP contribution in [0.15, 0.2) is 0 Å². The molecule has 0 aromatic heterocycles. The minimum atomic E-state index is -0.266. The minimum absolute atomic E-state index is 0.0708. The molecule has 114 valence electrons. The van der Waals surface area contributed by atoms with Crippen LogP contribution < -0.4 is 0 Å². The lowest BCUT2D eigenvalue weighted by Crippen LogP contribution is -2.52. The van der Waals surface area contributed by atoms with E-state index < -0.39 is 0 Å². The zero-order valence-electron chi connectivity index (χ0n) is 12.2. The number of carbonyl (C=O) groups excluding carboxylic acids is 2. The normalized spacial score (nSPS) is 22.9. The number of ether oxygens (including phenoxy) is 2. The molecule has 0 aliphatic carbocycles. The van der Waals surface area contributed by atoms with E-state index in [-0.39, 0.29) is 18.1 Å². The Morgan fingerprint density at radius 3 is 2.50 bits per heavy atom.